The summed E-state index contributed by atoms with van der Waals surface area (Å²) in [6, 6.07) is 0. The van der Waals surface area contributed by atoms with E-state index in [1.54, 1.807) is 12.4 Å². The van der Waals surface area contributed by atoms with Gasteiger partial charge in [0.15, 0.2) is 0 Å². The van der Waals surface area contributed by atoms with Gasteiger partial charge in [0, 0.05) is 12.4 Å². The number of nitrogens with one attached hydrogen (secondary N) is 1. The van der Waals surface area contributed by atoms with Gasteiger partial charge in [-0.3, -0.25) is 9.36 Å². The number of nitrogens with two attached hydrogens (primary N) is 1. The van der Waals surface area contributed by atoms with Crippen molar-refractivity contribution in [3.8, 4) is 0 Å². The molecule has 1 aliphatic heterocycles. The number of carbonyl (C=O) groups is 1. The Bertz CT molecular complexity index is 469. The number of allylic oxidation sites excluding steroid dienone is 4. The molecule has 0 saturated carbocycles. The molecule has 0 saturated heterocycles. The monoisotopic (exact) mass is 203 g/mol. The predicted octanol–water partition coefficient (Wildman–Crippen LogP) is -0.152. The predicted molar refractivity (Wildman–Crippen MR) is 54.2 cm³/mol. The largest absolute Gasteiger partial charge is 0.366 e. The Morgan fingerprint density at radius 3 is 3.13 bits per heavy atom. The van der Waals surface area contributed by atoms with Crippen LogP contribution in [0.4, 0.5) is 0 Å². The minimum atomic E-state index is -0.612. The third-order valence-electron chi connectivity index (χ3n) is 1.85. The van der Waals surface area contributed by atoms with Crippen LogP contribution in [0.25, 0.3) is 5.70 Å². The standard InChI is InChI=1S/C9H9N5O/c10-8(15)9-13-12-6-14(9)7-3-1-2-4-11-5-7/h1-6,11H,(H2,10,15). The molecule has 1 aromatic heterocycles. The zero-order valence-electron chi connectivity index (χ0n) is 7.79. The van der Waals surface area contributed by atoms with E-state index in [1.807, 2.05) is 18.2 Å². The van der Waals surface area contributed by atoms with Gasteiger partial charge in [-0.2, -0.15) is 0 Å². The van der Waals surface area contributed by atoms with E-state index in [-0.39, 0.29) is 5.82 Å². The number of carbonyl (C=O) groups excluding carboxylic acids is 1. The minimum Gasteiger partial charge on any atom is -0.366 e. The second-order valence-electron chi connectivity index (χ2n) is 2.84. The highest BCUT2D eigenvalue weighted by atomic mass is 16.1. The van der Waals surface area contributed by atoms with E-state index in [1.165, 1.54) is 10.9 Å². The molecule has 15 heavy (non-hydrogen) atoms. The Balaban J connectivity index is 2.41. The Hall–Kier alpha value is -2.37. The molecule has 6 heteroatoms. The van der Waals surface area contributed by atoms with Crippen molar-refractivity contribution in [1.29, 1.82) is 0 Å². The van der Waals surface area contributed by atoms with Gasteiger partial charge in [-0.15, -0.1) is 10.2 Å². The van der Waals surface area contributed by atoms with Gasteiger partial charge in [0.1, 0.15) is 6.33 Å². The van der Waals surface area contributed by atoms with Crippen molar-refractivity contribution in [2.24, 2.45) is 5.73 Å². The number of hydrogen-bond acceptors (Lipinski definition) is 4. The van der Waals surface area contributed by atoms with E-state index in [2.05, 4.69) is 15.5 Å². The molecule has 0 bridgehead atoms. The van der Waals surface area contributed by atoms with Crippen LogP contribution in [-0.4, -0.2) is 20.7 Å². The Morgan fingerprint density at radius 1 is 1.47 bits per heavy atom. The molecule has 2 heterocycles. The van der Waals surface area contributed by atoms with Crippen LogP contribution in [0.5, 0.6) is 0 Å². The van der Waals surface area contributed by atoms with Crippen LogP contribution in [0, 0.1) is 0 Å². The van der Waals surface area contributed by atoms with Gasteiger partial charge in [-0.25, -0.2) is 0 Å². The van der Waals surface area contributed by atoms with Gasteiger partial charge in [0.05, 0.1) is 5.70 Å². The van der Waals surface area contributed by atoms with Crippen LogP contribution in [0.1, 0.15) is 10.6 Å². The highest BCUT2D eigenvalue weighted by Crippen LogP contribution is 2.09. The number of nitrogens with zero attached hydrogens (tertiary/aromatic N) is 3. The summed E-state index contributed by atoms with van der Waals surface area (Å²) in [6.07, 6.45) is 10.4. The summed E-state index contributed by atoms with van der Waals surface area (Å²) < 4.78 is 1.51. The van der Waals surface area contributed by atoms with Crippen molar-refractivity contribution in [3.63, 3.8) is 0 Å². The Morgan fingerprint density at radius 2 is 2.33 bits per heavy atom. The average molecular weight is 203 g/mol. The molecule has 0 atom stereocenters. The molecule has 1 aromatic rings. The lowest BCUT2D eigenvalue weighted by atomic mass is 10.4. The Kier molecular flexibility index (Phi) is 2.32. The molecule has 0 spiro atoms. The molecule has 3 N–H and O–H groups in total. The zero-order valence-corrected chi connectivity index (χ0v) is 7.79. The van der Waals surface area contributed by atoms with Crippen LogP contribution in [0.2, 0.25) is 0 Å². The van der Waals surface area contributed by atoms with Crippen molar-refractivity contribution in [1.82, 2.24) is 20.1 Å². The maximum absolute atomic E-state index is 11.0. The van der Waals surface area contributed by atoms with E-state index < -0.39 is 5.91 Å². The van der Waals surface area contributed by atoms with Crippen molar-refractivity contribution in [2.45, 2.75) is 0 Å². The summed E-state index contributed by atoms with van der Waals surface area (Å²) in [5.41, 5.74) is 5.89. The van der Waals surface area contributed by atoms with Gasteiger partial charge < -0.3 is 11.1 Å². The highest BCUT2D eigenvalue weighted by Gasteiger charge is 2.11. The minimum absolute atomic E-state index is 0.106. The first-order valence-corrected chi connectivity index (χ1v) is 4.28. The van der Waals surface area contributed by atoms with E-state index in [0.717, 1.165) is 5.70 Å². The fourth-order valence-electron chi connectivity index (χ4n) is 1.19. The first-order chi connectivity index (χ1) is 7.29. The van der Waals surface area contributed by atoms with E-state index >= 15 is 0 Å². The average Bonchev–Trinajstić information content (AvgIpc) is 2.55. The molecular weight excluding hydrogens is 194 g/mol. The smallest absolute Gasteiger partial charge is 0.287 e. The fourth-order valence-corrected chi connectivity index (χ4v) is 1.19. The zero-order chi connectivity index (χ0) is 10.7. The molecule has 0 aliphatic carbocycles. The van der Waals surface area contributed by atoms with Gasteiger partial charge in [0.2, 0.25) is 5.82 Å². The third kappa shape index (κ3) is 1.78. The molecule has 1 aliphatic rings. The quantitative estimate of drug-likeness (QED) is 0.699. The lowest BCUT2D eigenvalue weighted by molar-refractivity contribution is 0.0989. The number of amides is 1. The second-order valence-corrected chi connectivity index (χ2v) is 2.84. The molecule has 0 unspecified atom stereocenters. The first kappa shape index (κ1) is 9.20. The molecule has 2 rings (SSSR count). The van der Waals surface area contributed by atoms with Crippen molar-refractivity contribution >= 4 is 11.6 Å². The molecular formula is C9H9N5O. The Labute approximate surface area is 85.8 Å². The SMILES string of the molecule is NC(=O)c1nncn1C1=CNC=CC=C1. The van der Waals surface area contributed by atoms with Gasteiger partial charge in [-0.05, 0) is 12.2 Å². The summed E-state index contributed by atoms with van der Waals surface area (Å²) in [4.78, 5) is 11.0. The molecule has 1 amide bonds. The summed E-state index contributed by atoms with van der Waals surface area (Å²) in [5, 5.41) is 10.2. The van der Waals surface area contributed by atoms with E-state index in [9.17, 15) is 4.79 Å². The van der Waals surface area contributed by atoms with Crippen LogP contribution < -0.4 is 11.1 Å². The highest BCUT2D eigenvalue weighted by molar-refractivity contribution is 5.90. The lowest BCUT2D eigenvalue weighted by Crippen LogP contribution is -2.17. The van der Waals surface area contributed by atoms with Crippen LogP contribution >= 0.6 is 0 Å². The number of hydrogen-bond donors (Lipinski definition) is 2. The second kappa shape index (κ2) is 3.79. The molecule has 0 fully saturated rings. The van der Waals surface area contributed by atoms with E-state index in [0.29, 0.717) is 0 Å². The maximum Gasteiger partial charge on any atom is 0.287 e. The van der Waals surface area contributed by atoms with E-state index in [4.69, 9.17) is 5.73 Å². The van der Waals surface area contributed by atoms with Crippen LogP contribution in [-0.2, 0) is 0 Å². The van der Waals surface area contributed by atoms with Crippen molar-refractivity contribution < 1.29 is 4.79 Å². The number of rotatable bonds is 2. The molecule has 0 aromatic carbocycles. The third-order valence-corrected chi connectivity index (χ3v) is 1.85. The summed E-state index contributed by atoms with van der Waals surface area (Å²) in [5.74, 6) is -0.506. The summed E-state index contributed by atoms with van der Waals surface area (Å²) >= 11 is 0. The first-order valence-electron chi connectivity index (χ1n) is 4.28. The molecule has 76 valence electrons. The van der Waals surface area contributed by atoms with Crippen LogP contribution in [0.3, 0.4) is 0 Å². The summed E-state index contributed by atoms with van der Waals surface area (Å²) in [6.45, 7) is 0. The molecule has 0 radical (unpaired) electrons. The maximum atomic E-state index is 11.0. The van der Waals surface area contributed by atoms with Gasteiger partial charge >= 0.3 is 0 Å². The number of aromatic nitrogens is 3. The normalized spacial score (nSPS) is 14.3. The molecule has 6 nitrogen and oxygen atoms in total. The van der Waals surface area contributed by atoms with Crippen molar-refractivity contribution in [3.05, 3.63) is 42.8 Å². The van der Waals surface area contributed by atoms with Crippen LogP contribution in [0.15, 0.2) is 37.0 Å². The van der Waals surface area contributed by atoms with Gasteiger partial charge in [-0.1, -0.05) is 6.08 Å². The fraction of sp³-hybridized carbons (Fsp3) is 0. The lowest BCUT2D eigenvalue weighted by Gasteiger charge is -2.03. The topological polar surface area (TPSA) is 85.8 Å². The summed E-state index contributed by atoms with van der Waals surface area (Å²) in [7, 11) is 0. The number of primary amides is 1. The van der Waals surface area contributed by atoms with Gasteiger partial charge in [0.25, 0.3) is 5.91 Å². The van der Waals surface area contributed by atoms with Crippen molar-refractivity contribution in [2.75, 3.05) is 0 Å².